The van der Waals surface area contributed by atoms with Crippen molar-refractivity contribution in [2.75, 3.05) is 5.32 Å². The van der Waals surface area contributed by atoms with Crippen molar-refractivity contribution in [1.29, 1.82) is 0 Å². The van der Waals surface area contributed by atoms with Gasteiger partial charge in [0, 0.05) is 4.47 Å². The largest absolute Gasteiger partial charge is 0.481 e. The van der Waals surface area contributed by atoms with E-state index in [0.29, 0.717) is 12.2 Å². The second-order valence-electron chi connectivity index (χ2n) is 5.49. The molecule has 1 amide bonds. The Morgan fingerprint density at radius 2 is 1.75 bits per heavy atom. The summed E-state index contributed by atoms with van der Waals surface area (Å²) >= 11 is 3.43. The van der Waals surface area contributed by atoms with Crippen molar-refractivity contribution in [3.05, 3.63) is 71.2 Å². The summed E-state index contributed by atoms with van der Waals surface area (Å²) in [5.74, 6) is 0.542. The van der Waals surface area contributed by atoms with Gasteiger partial charge in [0.1, 0.15) is 5.75 Å². The van der Waals surface area contributed by atoms with Crippen molar-refractivity contribution in [3.63, 3.8) is 0 Å². The zero-order valence-corrected chi connectivity index (χ0v) is 14.9. The summed E-state index contributed by atoms with van der Waals surface area (Å²) < 4.78 is 6.76. The van der Waals surface area contributed by atoms with Gasteiger partial charge in [-0.25, -0.2) is 0 Å². The van der Waals surface area contributed by atoms with Crippen LogP contribution in [0.3, 0.4) is 0 Å². The van der Waals surface area contributed by atoms with Gasteiger partial charge in [0.15, 0.2) is 6.10 Å². The second-order valence-corrected chi connectivity index (χ2v) is 6.35. The highest BCUT2D eigenvalue weighted by atomic mass is 79.9. The van der Waals surface area contributed by atoms with E-state index in [4.69, 9.17) is 4.74 Å². The number of anilines is 1. The van der Waals surface area contributed by atoms with E-state index in [1.807, 2.05) is 67.6 Å². The summed E-state index contributed by atoms with van der Waals surface area (Å²) in [5, 5.41) is 5.15. The molecule has 3 nitrogen and oxygen atoms in total. The van der Waals surface area contributed by atoms with Crippen molar-refractivity contribution in [2.45, 2.75) is 19.4 Å². The third-order valence-corrected chi connectivity index (χ3v) is 4.49. The number of hydrogen-bond donors (Lipinski definition) is 1. The first-order valence-electron chi connectivity index (χ1n) is 7.88. The first-order chi connectivity index (χ1) is 11.7. The summed E-state index contributed by atoms with van der Waals surface area (Å²) in [6, 6.07) is 21.5. The summed E-state index contributed by atoms with van der Waals surface area (Å²) in [6.45, 7) is 1.94. The van der Waals surface area contributed by atoms with Crippen LogP contribution in [0.1, 0.15) is 13.3 Å². The molecule has 0 spiro atoms. The van der Waals surface area contributed by atoms with Crippen molar-refractivity contribution < 1.29 is 9.53 Å². The zero-order chi connectivity index (χ0) is 16.9. The number of amides is 1. The molecule has 1 N–H and O–H groups in total. The SMILES string of the molecule is CCC(Oc1ccc2ccccc2c1)C(=O)Nc1ccccc1Br. The Morgan fingerprint density at radius 1 is 1.04 bits per heavy atom. The maximum atomic E-state index is 12.5. The molecule has 0 bridgehead atoms. The Hall–Kier alpha value is -2.33. The molecule has 0 saturated carbocycles. The minimum Gasteiger partial charge on any atom is -0.481 e. The fourth-order valence-electron chi connectivity index (χ4n) is 2.50. The lowest BCUT2D eigenvalue weighted by molar-refractivity contribution is -0.122. The molecular formula is C20H18BrNO2. The predicted octanol–water partition coefficient (Wildman–Crippen LogP) is 5.40. The molecule has 3 rings (SSSR count). The molecule has 122 valence electrons. The van der Waals surface area contributed by atoms with E-state index < -0.39 is 6.10 Å². The van der Waals surface area contributed by atoms with E-state index >= 15 is 0 Å². The normalized spacial score (nSPS) is 11.9. The van der Waals surface area contributed by atoms with Gasteiger partial charge in [0.25, 0.3) is 5.91 Å². The average Bonchev–Trinajstić information content (AvgIpc) is 2.61. The Bertz CT molecular complexity index is 863. The molecule has 0 aromatic heterocycles. The molecule has 0 aliphatic heterocycles. The molecule has 0 aliphatic rings. The van der Waals surface area contributed by atoms with Crippen LogP contribution >= 0.6 is 15.9 Å². The number of fused-ring (bicyclic) bond motifs is 1. The van der Waals surface area contributed by atoms with E-state index in [-0.39, 0.29) is 5.91 Å². The van der Waals surface area contributed by atoms with Crippen LogP contribution in [0.4, 0.5) is 5.69 Å². The fourth-order valence-corrected chi connectivity index (χ4v) is 2.89. The lowest BCUT2D eigenvalue weighted by atomic mass is 10.1. The number of hydrogen-bond acceptors (Lipinski definition) is 2. The standard InChI is InChI=1S/C20H18BrNO2/c1-2-19(20(23)22-18-10-6-5-9-17(18)21)24-16-12-11-14-7-3-4-8-15(14)13-16/h3-13,19H,2H2,1H3,(H,22,23). The minimum absolute atomic E-state index is 0.155. The third-order valence-electron chi connectivity index (χ3n) is 3.79. The number of carbonyl (C=O) groups is 1. The van der Waals surface area contributed by atoms with Gasteiger partial charge in [-0.1, -0.05) is 49.4 Å². The maximum absolute atomic E-state index is 12.5. The number of para-hydroxylation sites is 1. The van der Waals surface area contributed by atoms with E-state index in [2.05, 4.69) is 27.3 Å². The van der Waals surface area contributed by atoms with Crippen molar-refractivity contribution in [3.8, 4) is 5.75 Å². The first-order valence-corrected chi connectivity index (χ1v) is 8.67. The first kappa shape index (κ1) is 16.5. The molecule has 0 saturated heterocycles. The monoisotopic (exact) mass is 383 g/mol. The lowest BCUT2D eigenvalue weighted by Gasteiger charge is -2.18. The molecule has 0 fully saturated rings. The number of nitrogens with one attached hydrogen (secondary N) is 1. The van der Waals surface area contributed by atoms with Crippen LogP contribution < -0.4 is 10.1 Å². The molecule has 0 heterocycles. The van der Waals surface area contributed by atoms with Gasteiger partial charge in [0.05, 0.1) is 5.69 Å². The number of carbonyl (C=O) groups excluding carboxylic acids is 1. The summed E-state index contributed by atoms with van der Waals surface area (Å²) in [5.41, 5.74) is 0.739. The van der Waals surface area contributed by atoms with Crippen molar-refractivity contribution in [2.24, 2.45) is 0 Å². The van der Waals surface area contributed by atoms with Crippen LogP contribution in [-0.4, -0.2) is 12.0 Å². The molecule has 4 heteroatoms. The van der Waals surface area contributed by atoms with Crippen LogP contribution in [0.15, 0.2) is 71.2 Å². The van der Waals surface area contributed by atoms with E-state index in [0.717, 1.165) is 20.9 Å². The van der Waals surface area contributed by atoms with Crippen LogP contribution in [0.25, 0.3) is 10.8 Å². The average molecular weight is 384 g/mol. The Labute approximate surface area is 149 Å². The summed E-state index contributed by atoms with van der Waals surface area (Å²) in [4.78, 5) is 12.5. The number of rotatable bonds is 5. The molecular weight excluding hydrogens is 366 g/mol. The van der Waals surface area contributed by atoms with Gasteiger partial charge in [-0.3, -0.25) is 4.79 Å². The second kappa shape index (κ2) is 7.49. The van der Waals surface area contributed by atoms with Crippen LogP contribution in [0.2, 0.25) is 0 Å². The Kier molecular flexibility index (Phi) is 5.16. The molecule has 1 atom stereocenters. The van der Waals surface area contributed by atoms with Crippen LogP contribution in [-0.2, 0) is 4.79 Å². The van der Waals surface area contributed by atoms with Gasteiger partial charge in [-0.05, 0) is 57.4 Å². The quantitative estimate of drug-likeness (QED) is 0.640. The van der Waals surface area contributed by atoms with Gasteiger partial charge >= 0.3 is 0 Å². The fraction of sp³-hybridized carbons (Fsp3) is 0.150. The van der Waals surface area contributed by atoms with E-state index in [9.17, 15) is 4.79 Å². The predicted molar refractivity (Wildman–Crippen MR) is 101 cm³/mol. The summed E-state index contributed by atoms with van der Waals surface area (Å²) in [7, 11) is 0. The molecule has 1 unspecified atom stereocenters. The summed E-state index contributed by atoms with van der Waals surface area (Å²) in [6.07, 6.45) is 0.0432. The highest BCUT2D eigenvalue weighted by Crippen LogP contribution is 2.24. The molecule has 3 aromatic carbocycles. The van der Waals surface area contributed by atoms with Crippen molar-refractivity contribution in [1.82, 2.24) is 0 Å². The van der Waals surface area contributed by atoms with Gasteiger partial charge in [-0.2, -0.15) is 0 Å². The number of halogens is 1. The third kappa shape index (κ3) is 3.77. The molecule has 24 heavy (non-hydrogen) atoms. The highest BCUT2D eigenvalue weighted by molar-refractivity contribution is 9.10. The lowest BCUT2D eigenvalue weighted by Crippen LogP contribution is -2.32. The topological polar surface area (TPSA) is 38.3 Å². The minimum atomic E-state index is -0.543. The van der Waals surface area contributed by atoms with Gasteiger partial charge in [-0.15, -0.1) is 0 Å². The molecule has 3 aromatic rings. The maximum Gasteiger partial charge on any atom is 0.265 e. The zero-order valence-electron chi connectivity index (χ0n) is 13.3. The van der Waals surface area contributed by atoms with E-state index in [1.54, 1.807) is 0 Å². The Morgan fingerprint density at radius 3 is 2.50 bits per heavy atom. The highest BCUT2D eigenvalue weighted by Gasteiger charge is 2.19. The van der Waals surface area contributed by atoms with E-state index in [1.165, 1.54) is 0 Å². The van der Waals surface area contributed by atoms with Gasteiger partial charge in [0.2, 0.25) is 0 Å². The number of ether oxygens (including phenoxy) is 1. The van der Waals surface area contributed by atoms with Gasteiger partial charge < -0.3 is 10.1 Å². The van der Waals surface area contributed by atoms with Crippen LogP contribution in [0.5, 0.6) is 5.75 Å². The van der Waals surface area contributed by atoms with Crippen LogP contribution in [0, 0.1) is 0 Å². The molecule has 0 aliphatic carbocycles. The Balaban J connectivity index is 1.75. The smallest absolute Gasteiger partial charge is 0.265 e. The molecule has 0 radical (unpaired) electrons. The van der Waals surface area contributed by atoms with Crippen molar-refractivity contribution >= 4 is 38.3 Å². The number of benzene rings is 3.